The van der Waals surface area contributed by atoms with Gasteiger partial charge < -0.3 is 5.32 Å². The third-order valence-electron chi connectivity index (χ3n) is 3.77. The molecule has 0 aliphatic rings. The molecule has 1 rings (SSSR count). The second-order valence-corrected chi connectivity index (χ2v) is 5.66. The summed E-state index contributed by atoms with van der Waals surface area (Å²) in [5.74, 6) is 0. The molecule has 0 heterocycles. The van der Waals surface area contributed by atoms with Crippen LogP contribution in [0.15, 0.2) is 18.2 Å². The summed E-state index contributed by atoms with van der Waals surface area (Å²) in [5, 5.41) is 14.1. The van der Waals surface area contributed by atoms with E-state index >= 15 is 0 Å². The molecule has 0 unspecified atom stereocenters. The first kappa shape index (κ1) is 17.5. The molecule has 0 aliphatic carbocycles. The molecule has 0 atom stereocenters. The first-order valence-corrected chi connectivity index (χ1v) is 8.14. The Hall–Kier alpha value is -1.58. The summed E-state index contributed by atoms with van der Waals surface area (Å²) in [6, 6.07) is 5.33. The van der Waals surface area contributed by atoms with Gasteiger partial charge in [-0.05, 0) is 19.4 Å². The number of hydrogen-bond acceptors (Lipinski definition) is 3. The highest BCUT2D eigenvalue weighted by molar-refractivity contribution is 5.54. The van der Waals surface area contributed by atoms with Crippen LogP contribution in [0.5, 0.6) is 0 Å². The fourth-order valence-corrected chi connectivity index (χ4v) is 2.41. The van der Waals surface area contributed by atoms with Gasteiger partial charge in [0.05, 0.1) is 4.92 Å². The van der Waals surface area contributed by atoms with Gasteiger partial charge in [-0.15, -0.1) is 0 Å². The number of aryl methyl sites for hydroxylation is 1. The van der Waals surface area contributed by atoms with Crippen molar-refractivity contribution >= 4 is 11.4 Å². The van der Waals surface area contributed by atoms with Gasteiger partial charge in [-0.1, -0.05) is 57.9 Å². The summed E-state index contributed by atoms with van der Waals surface area (Å²) in [4.78, 5) is 10.6. The van der Waals surface area contributed by atoms with Crippen LogP contribution in [0.1, 0.15) is 63.9 Å². The molecule has 4 heteroatoms. The Labute approximate surface area is 128 Å². The molecule has 0 bridgehead atoms. The quantitative estimate of drug-likeness (QED) is 0.335. The Kier molecular flexibility index (Phi) is 8.48. The normalized spacial score (nSPS) is 10.6. The van der Waals surface area contributed by atoms with Crippen LogP contribution in [0.2, 0.25) is 0 Å². The lowest BCUT2D eigenvalue weighted by Crippen LogP contribution is -2.02. The van der Waals surface area contributed by atoms with Gasteiger partial charge in [-0.25, -0.2) is 0 Å². The molecule has 1 N–H and O–H groups in total. The van der Waals surface area contributed by atoms with Crippen molar-refractivity contribution in [2.45, 2.75) is 65.2 Å². The van der Waals surface area contributed by atoms with E-state index in [0.29, 0.717) is 5.56 Å². The van der Waals surface area contributed by atoms with Crippen molar-refractivity contribution in [2.24, 2.45) is 0 Å². The molecular weight excluding hydrogens is 264 g/mol. The maximum atomic E-state index is 10.9. The number of nitrogens with one attached hydrogen (secondary N) is 1. The maximum absolute atomic E-state index is 10.9. The first-order chi connectivity index (χ1) is 10.1. The Balaban J connectivity index is 2.16. The summed E-state index contributed by atoms with van der Waals surface area (Å²) in [7, 11) is 0. The molecular formula is C17H28N2O2. The molecule has 1 aromatic carbocycles. The van der Waals surface area contributed by atoms with Gasteiger partial charge in [0.2, 0.25) is 0 Å². The van der Waals surface area contributed by atoms with Crippen molar-refractivity contribution in [3.05, 3.63) is 33.9 Å². The van der Waals surface area contributed by atoms with Gasteiger partial charge in [-0.3, -0.25) is 10.1 Å². The topological polar surface area (TPSA) is 55.2 Å². The largest absolute Gasteiger partial charge is 0.385 e. The maximum Gasteiger partial charge on any atom is 0.274 e. The number of unbranched alkanes of at least 4 members (excludes halogenated alkanes) is 7. The summed E-state index contributed by atoms with van der Waals surface area (Å²) in [6.07, 6.45) is 10.3. The lowest BCUT2D eigenvalue weighted by Gasteiger charge is -2.07. The van der Waals surface area contributed by atoms with Crippen molar-refractivity contribution in [3.8, 4) is 0 Å². The van der Waals surface area contributed by atoms with Gasteiger partial charge in [0, 0.05) is 23.9 Å². The molecule has 0 radical (unpaired) electrons. The second kappa shape index (κ2) is 10.2. The molecule has 118 valence electrons. The van der Waals surface area contributed by atoms with E-state index in [4.69, 9.17) is 0 Å². The number of nitro groups is 1. The zero-order chi connectivity index (χ0) is 15.5. The van der Waals surface area contributed by atoms with Crippen LogP contribution in [0.25, 0.3) is 0 Å². The van der Waals surface area contributed by atoms with Crippen molar-refractivity contribution in [1.82, 2.24) is 0 Å². The van der Waals surface area contributed by atoms with Gasteiger partial charge in [0.15, 0.2) is 0 Å². The number of nitro benzene ring substituents is 1. The van der Waals surface area contributed by atoms with Crippen LogP contribution >= 0.6 is 0 Å². The standard InChI is InChI=1S/C17H28N2O2/c1-3-4-5-6-7-8-9-10-13-18-16-12-11-15(2)17(14-16)19(20)21/h11-12,14,18H,3-10,13H2,1-2H3. The van der Waals surface area contributed by atoms with E-state index in [1.807, 2.05) is 6.07 Å². The predicted octanol–water partition coefficient (Wildman–Crippen LogP) is 5.46. The van der Waals surface area contributed by atoms with Crippen LogP contribution in [0.3, 0.4) is 0 Å². The Bertz CT molecular complexity index is 433. The van der Waals surface area contributed by atoms with Crippen molar-refractivity contribution in [3.63, 3.8) is 0 Å². The van der Waals surface area contributed by atoms with E-state index in [9.17, 15) is 10.1 Å². The number of anilines is 1. The predicted molar refractivity (Wildman–Crippen MR) is 88.9 cm³/mol. The third kappa shape index (κ3) is 7.11. The molecule has 21 heavy (non-hydrogen) atoms. The molecule has 1 aromatic rings. The van der Waals surface area contributed by atoms with E-state index in [1.54, 1.807) is 19.1 Å². The van der Waals surface area contributed by atoms with E-state index in [0.717, 1.165) is 18.7 Å². The SMILES string of the molecule is CCCCCCCCCCNc1ccc(C)c([N+](=O)[O-])c1. The first-order valence-electron chi connectivity index (χ1n) is 8.14. The minimum Gasteiger partial charge on any atom is -0.385 e. The summed E-state index contributed by atoms with van der Waals surface area (Å²) < 4.78 is 0. The number of nitrogens with zero attached hydrogens (tertiary/aromatic N) is 1. The molecule has 0 aliphatic heterocycles. The van der Waals surface area contributed by atoms with Gasteiger partial charge in [0.1, 0.15) is 0 Å². The minimum atomic E-state index is -0.323. The Morgan fingerprint density at radius 2 is 1.67 bits per heavy atom. The fraction of sp³-hybridized carbons (Fsp3) is 0.647. The number of hydrogen-bond donors (Lipinski definition) is 1. The molecule has 0 fully saturated rings. The number of benzene rings is 1. The highest BCUT2D eigenvalue weighted by atomic mass is 16.6. The Morgan fingerprint density at radius 1 is 1.05 bits per heavy atom. The van der Waals surface area contributed by atoms with Crippen LogP contribution in [0, 0.1) is 17.0 Å². The van der Waals surface area contributed by atoms with Gasteiger partial charge in [-0.2, -0.15) is 0 Å². The lowest BCUT2D eigenvalue weighted by atomic mass is 10.1. The molecule has 0 aromatic heterocycles. The average molecular weight is 292 g/mol. The highest BCUT2D eigenvalue weighted by Crippen LogP contribution is 2.22. The van der Waals surface area contributed by atoms with E-state index < -0.39 is 0 Å². The summed E-state index contributed by atoms with van der Waals surface area (Å²) in [5.41, 5.74) is 1.74. The average Bonchev–Trinajstić information content (AvgIpc) is 2.47. The second-order valence-electron chi connectivity index (χ2n) is 5.66. The molecule has 0 spiro atoms. The molecule has 0 saturated carbocycles. The molecule has 4 nitrogen and oxygen atoms in total. The van der Waals surface area contributed by atoms with E-state index in [1.165, 1.54) is 44.9 Å². The Morgan fingerprint density at radius 3 is 2.29 bits per heavy atom. The zero-order valence-corrected chi connectivity index (χ0v) is 13.4. The monoisotopic (exact) mass is 292 g/mol. The van der Waals surface area contributed by atoms with Crippen LogP contribution in [0.4, 0.5) is 11.4 Å². The summed E-state index contributed by atoms with van der Waals surface area (Å²) >= 11 is 0. The van der Waals surface area contributed by atoms with Gasteiger partial charge in [0.25, 0.3) is 5.69 Å². The lowest BCUT2D eigenvalue weighted by molar-refractivity contribution is -0.385. The van der Waals surface area contributed by atoms with E-state index in [2.05, 4.69) is 12.2 Å². The molecule has 0 saturated heterocycles. The highest BCUT2D eigenvalue weighted by Gasteiger charge is 2.10. The smallest absolute Gasteiger partial charge is 0.274 e. The van der Waals surface area contributed by atoms with Crippen LogP contribution < -0.4 is 5.32 Å². The van der Waals surface area contributed by atoms with Crippen molar-refractivity contribution in [1.29, 1.82) is 0 Å². The van der Waals surface area contributed by atoms with Crippen LogP contribution in [-0.2, 0) is 0 Å². The minimum absolute atomic E-state index is 0.191. The summed E-state index contributed by atoms with van der Waals surface area (Å²) in [6.45, 7) is 4.89. The van der Waals surface area contributed by atoms with Crippen molar-refractivity contribution < 1.29 is 4.92 Å². The van der Waals surface area contributed by atoms with E-state index in [-0.39, 0.29) is 10.6 Å². The zero-order valence-electron chi connectivity index (χ0n) is 13.4. The van der Waals surface area contributed by atoms with Crippen LogP contribution in [-0.4, -0.2) is 11.5 Å². The third-order valence-corrected chi connectivity index (χ3v) is 3.77. The fourth-order valence-electron chi connectivity index (χ4n) is 2.41. The van der Waals surface area contributed by atoms with Crippen molar-refractivity contribution in [2.75, 3.05) is 11.9 Å². The van der Waals surface area contributed by atoms with Gasteiger partial charge >= 0.3 is 0 Å². The number of rotatable bonds is 11. The molecule has 0 amide bonds.